The molecule has 4 nitrogen and oxygen atoms in total. The van der Waals surface area contributed by atoms with Crippen molar-refractivity contribution in [2.24, 2.45) is 11.8 Å². The number of ketones is 1. The van der Waals surface area contributed by atoms with Crippen molar-refractivity contribution in [2.45, 2.75) is 56.8 Å². The van der Waals surface area contributed by atoms with Gasteiger partial charge in [-0.2, -0.15) is 0 Å². The summed E-state index contributed by atoms with van der Waals surface area (Å²) < 4.78 is 30.7. The van der Waals surface area contributed by atoms with Crippen LogP contribution in [0.1, 0.15) is 56.1 Å². The normalized spacial score (nSPS) is 20.5. The Balaban J connectivity index is 1.52. The van der Waals surface area contributed by atoms with E-state index in [4.69, 9.17) is 4.74 Å². The smallest absolute Gasteiger partial charge is 0.178 e. The van der Waals surface area contributed by atoms with Crippen molar-refractivity contribution in [2.75, 3.05) is 12.9 Å². The van der Waals surface area contributed by atoms with E-state index in [9.17, 15) is 13.2 Å². The van der Waals surface area contributed by atoms with Crippen molar-refractivity contribution >= 4 is 15.6 Å². The zero-order valence-electron chi connectivity index (χ0n) is 18.1. The first-order chi connectivity index (χ1) is 14.3. The maximum atomic E-state index is 12.8. The number of Topliss-reactive ketones (excluding diaryl/α,β-unsaturated/α-hetero) is 1. The van der Waals surface area contributed by atoms with E-state index in [1.54, 1.807) is 24.3 Å². The van der Waals surface area contributed by atoms with E-state index in [0.717, 1.165) is 25.7 Å². The summed E-state index contributed by atoms with van der Waals surface area (Å²) in [7, 11) is -1.82. The predicted octanol–water partition coefficient (Wildman–Crippen LogP) is 5.35. The van der Waals surface area contributed by atoms with E-state index in [2.05, 4.69) is 38.1 Å². The number of benzene rings is 2. The first-order valence-corrected chi connectivity index (χ1v) is 12.4. The summed E-state index contributed by atoms with van der Waals surface area (Å²) in [4.78, 5) is 13.1. The molecule has 0 aromatic heterocycles. The second-order valence-corrected chi connectivity index (χ2v) is 10.7. The average molecular weight is 429 g/mol. The van der Waals surface area contributed by atoms with Crippen molar-refractivity contribution in [3.63, 3.8) is 0 Å². The van der Waals surface area contributed by atoms with Crippen LogP contribution in [0, 0.1) is 18.8 Å². The fraction of sp³-hybridized carbons (Fsp3) is 0.480. The lowest BCUT2D eigenvalue weighted by Crippen LogP contribution is -2.26. The monoisotopic (exact) mass is 428 g/mol. The molecule has 3 rings (SSSR count). The van der Waals surface area contributed by atoms with Gasteiger partial charge in [-0.25, -0.2) is 8.42 Å². The molecule has 2 aromatic rings. The second kappa shape index (κ2) is 9.78. The van der Waals surface area contributed by atoms with E-state index in [1.807, 2.05) is 0 Å². The Bertz CT molecular complexity index is 955. The summed E-state index contributed by atoms with van der Waals surface area (Å²) in [5, 5.41) is 0. The van der Waals surface area contributed by atoms with Crippen LogP contribution in [0.15, 0.2) is 53.4 Å². The number of aryl methyl sites for hydroxylation is 1. The predicted molar refractivity (Wildman–Crippen MR) is 120 cm³/mol. The molecule has 0 saturated heterocycles. The van der Waals surface area contributed by atoms with Crippen molar-refractivity contribution in [3.8, 4) is 5.75 Å². The average Bonchev–Trinajstić information content (AvgIpc) is 2.74. The number of hydrogen-bond acceptors (Lipinski definition) is 4. The molecule has 2 aromatic carbocycles. The van der Waals surface area contributed by atoms with Crippen molar-refractivity contribution in [1.29, 1.82) is 0 Å². The molecule has 1 fully saturated rings. The van der Waals surface area contributed by atoms with Gasteiger partial charge in [0.25, 0.3) is 0 Å². The first-order valence-electron chi connectivity index (χ1n) is 10.7. The molecule has 162 valence electrons. The number of methoxy groups -OCH3 is 1. The molecule has 0 unspecified atom stereocenters. The van der Waals surface area contributed by atoms with Gasteiger partial charge in [-0.05, 0) is 68.2 Å². The quantitative estimate of drug-likeness (QED) is 0.569. The van der Waals surface area contributed by atoms with Crippen molar-refractivity contribution in [1.82, 2.24) is 0 Å². The Labute approximate surface area is 180 Å². The number of ether oxygens (including phenoxy) is 1. The molecule has 1 saturated carbocycles. The molecule has 0 radical (unpaired) electrons. The molecule has 0 heterocycles. The Morgan fingerprint density at radius 3 is 2.37 bits per heavy atom. The summed E-state index contributed by atoms with van der Waals surface area (Å²) in [6.07, 6.45) is 3.72. The zero-order valence-corrected chi connectivity index (χ0v) is 19.0. The minimum atomic E-state index is -3.35. The molecule has 1 aliphatic carbocycles. The van der Waals surface area contributed by atoms with E-state index >= 15 is 0 Å². The maximum Gasteiger partial charge on any atom is 0.178 e. The molecule has 1 aliphatic rings. The van der Waals surface area contributed by atoms with Gasteiger partial charge >= 0.3 is 0 Å². The standard InChI is InChI=1S/C25H32O4S/c1-18-7-11-21(12-8-18)19(2)15-25(26)22-13-9-20(10-14-22)17-30(27,28)24-6-4-5-23(16-24)29-3/h4-8,11-12,16,19-20,22H,9-10,13-15,17H2,1-3H3/t19-,20?,22?/m0/s1. The lowest BCUT2D eigenvalue weighted by atomic mass is 9.78. The van der Waals surface area contributed by atoms with Crippen molar-refractivity contribution in [3.05, 3.63) is 59.7 Å². The largest absolute Gasteiger partial charge is 0.497 e. The van der Waals surface area contributed by atoms with Gasteiger partial charge in [-0.1, -0.05) is 42.8 Å². The van der Waals surface area contributed by atoms with Gasteiger partial charge in [0.2, 0.25) is 0 Å². The molecule has 0 amide bonds. The molecule has 0 N–H and O–H groups in total. The highest BCUT2D eigenvalue weighted by Gasteiger charge is 2.30. The third-order valence-corrected chi connectivity index (χ3v) is 8.19. The van der Waals surface area contributed by atoms with Crippen LogP contribution in [-0.4, -0.2) is 27.1 Å². The highest BCUT2D eigenvalue weighted by atomic mass is 32.2. The number of hydrogen-bond donors (Lipinski definition) is 0. The summed E-state index contributed by atoms with van der Waals surface area (Å²) in [6, 6.07) is 15.0. The topological polar surface area (TPSA) is 60.4 Å². The Morgan fingerprint density at radius 2 is 1.73 bits per heavy atom. The van der Waals surface area contributed by atoms with Gasteiger partial charge < -0.3 is 4.74 Å². The Hall–Kier alpha value is -2.14. The lowest BCUT2D eigenvalue weighted by molar-refractivity contribution is -0.124. The molecule has 0 spiro atoms. The van der Waals surface area contributed by atoms with Crippen LogP contribution < -0.4 is 4.74 Å². The number of sulfone groups is 1. The lowest BCUT2D eigenvalue weighted by Gasteiger charge is -2.28. The van der Waals surface area contributed by atoms with Crippen LogP contribution >= 0.6 is 0 Å². The van der Waals surface area contributed by atoms with Gasteiger partial charge in [-0.15, -0.1) is 0 Å². The van der Waals surface area contributed by atoms with Crippen LogP contribution in [0.5, 0.6) is 5.75 Å². The van der Waals surface area contributed by atoms with Gasteiger partial charge in [0, 0.05) is 12.3 Å². The van der Waals surface area contributed by atoms with E-state index in [-0.39, 0.29) is 23.5 Å². The van der Waals surface area contributed by atoms with Crippen molar-refractivity contribution < 1.29 is 17.9 Å². The molecule has 5 heteroatoms. The Morgan fingerprint density at radius 1 is 1.07 bits per heavy atom. The summed E-state index contributed by atoms with van der Waals surface area (Å²) >= 11 is 0. The van der Waals surface area contributed by atoms with Gasteiger partial charge in [0.05, 0.1) is 17.8 Å². The SMILES string of the molecule is COc1cccc(S(=O)(=O)CC2CCC(C(=O)C[C@H](C)c3ccc(C)cc3)CC2)c1. The number of carbonyl (C=O) groups is 1. The van der Waals surface area contributed by atoms with Crippen LogP contribution in [0.2, 0.25) is 0 Å². The number of rotatable bonds is 8. The third-order valence-electron chi connectivity index (χ3n) is 6.31. The molecule has 0 bridgehead atoms. The van der Waals surface area contributed by atoms with Crippen LogP contribution in [0.25, 0.3) is 0 Å². The van der Waals surface area contributed by atoms with E-state index in [1.165, 1.54) is 18.2 Å². The highest BCUT2D eigenvalue weighted by Crippen LogP contribution is 2.34. The third kappa shape index (κ3) is 5.72. The highest BCUT2D eigenvalue weighted by molar-refractivity contribution is 7.91. The fourth-order valence-electron chi connectivity index (χ4n) is 4.33. The van der Waals surface area contributed by atoms with Crippen LogP contribution in [0.4, 0.5) is 0 Å². The minimum absolute atomic E-state index is 0.0636. The van der Waals surface area contributed by atoms with Gasteiger partial charge in [0.1, 0.15) is 11.5 Å². The Kier molecular flexibility index (Phi) is 7.35. The molecule has 1 atom stereocenters. The summed E-state index contributed by atoms with van der Waals surface area (Å²) in [6.45, 7) is 4.17. The maximum absolute atomic E-state index is 12.8. The summed E-state index contributed by atoms with van der Waals surface area (Å²) in [5.74, 6) is 1.39. The van der Waals surface area contributed by atoms with Gasteiger partial charge in [-0.3, -0.25) is 4.79 Å². The first kappa shape index (κ1) is 22.5. The molecular weight excluding hydrogens is 396 g/mol. The van der Waals surface area contributed by atoms with Crippen LogP contribution in [0.3, 0.4) is 0 Å². The number of carbonyl (C=O) groups excluding carboxylic acids is 1. The molecule has 30 heavy (non-hydrogen) atoms. The van der Waals surface area contributed by atoms with E-state index < -0.39 is 9.84 Å². The zero-order chi connectivity index (χ0) is 21.7. The fourth-order valence-corrected chi connectivity index (χ4v) is 6.06. The summed E-state index contributed by atoms with van der Waals surface area (Å²) in [5.41, 5.74) is 2.42. The van der Waals surface area contributed by atoms with Gasteiger partial charge in [0.15, 0.2) is 9.84 Å². The molecular formula is C25H32O4S. The van der Waals surface area contributed by atoms with Crippen LogP contribution in [-0.2, 0) is 14.6 Å². The van der Waals surface area contributed by atoms with E-state index in [0.29, 0.717) is 22.8 Å². The second-order valence-electron chi connectivity index (χ2n) is 8.66. The molecule has 0 aliphatic heterocycles. The minimum Gasteiger partial charge on any atom is -0.497 e.